The van der Waals surface area contributed by atoms with Crippen LogP contribution in [0.1, 0.15) is 39.8 Å². The van der Waals surface area contributed by atoms with Crippen LogP contribution in [0.3, 0.4) is 0 Å². The molecule has 1 N–H and O–H groups in total. The Kier molecular flexibility index (Phi) is 8.19. The van der Waals surface area contributed by atoms with Crippen molar-refractivity contribution in [3.05, 3.63) is 87.6 Å². The van der Waals surface area contributed by atoms with Gasteiger partial charge in [-0.15, -0.1) is 0 Å². The summed E-state index contributed by atoms with van der Waals surface area (Å²) in [5.74, 6) is -1.92. The van der Waals surface area contributed by atoms with Gasteiger partial charge in [-0.05, 0) is 92.7 Å². The summed E-state index contributed by atoms with van der Waals surface area (Å²) in [7, 11) is 0. The van der Waals surface area contributed by atoms with E-state index in [-0.39, 0.29) is 17.2 Å². The number of esters is 1. The molecule has 1 aromatic heterocycles. The van der Waals surface area contributed by atoms with Crippen molar-refractivity contribution in [1.29, 1.82) is 0 Å². The number of anilines is 1. The first-order valence-corrected chi connectivity index (χ1v) is 12.9. The summed E-state index contributed by atoms with van der Waals surface area (Å²) in [5.41, 5.74) is 2.44. The molecule has 2 aromatic carbocycles. The smallest absolute Gasteiger partial charge is 0.416 e. The maximum Gasteiger partial charge on any atom is 0.416 e. The Morgan fingerprint density at radius 1 is 1.05 bits per heavy atom. The van der Waals surface area contributed by atoms with Crippen LogP contribution in [-0.2, 0) is 20.5 Å². The topological polar surface area (TPSA) is 97.7 Å². The van der Waals surface area contributed by atoms with Gasteiger partial charge in [0.1, 0.15) is 6.54 Å². The number of aryl methyl sites for hydroxylation is 1. The molecule has 0 bridgehead atoms. The second-order valence-electron chi connectivity index (χ2n) is 8.82. The van der Waals surface area contributed by atoms with Crippen LogP contribution in [-0.4, -0.2) is 45.6 Å². The zero-order valence-corrected chi connectivity index (χ0v) is 22.5. The fourth-order valence-electron chi connectivity index (χ4n) is 4.19. The van der Waals surface area contributed by atoms with Crippen LogP contribution in [0.25, 0.3) is 11.8 Å². The highest BCUT2D eigenvalue weighted by Gasteiger charge is 2.37. The number of carbonyl (C=O) groups is 4. The van der Waals surface area contributed by atoms with Gasteiger partial charge in [-0.3, -0.25) is 19.3 Å². The van der Waals surface area contributed by atoms with Gasteiger partial charge in [0, 0.05) is 22.8 Å². The quantitative estimate of drug-likeness (QED) is 0.278. The molecule has 12 heteroatoms. The standard InChI is InChI=1S/C28H24F3N3O5S/c1-4-39-26(37)18-8-10-22(11-9-18)34-16(2)12-19(17(34)3)13-23-25(36)33(27(38)40-23)15-24(35)32-21-7-5-6-20(14-21)28(29,30)31/h5-14H,4,15H2,1-3H3,(H,32,35)/b23-13-. The fraction of sp³-hybridized carbons (Fsp3) is 0.214. The second kappa shape index (κ2) is 11.4. The van der Waals surface area contributed by atoms with Crippen molar-refractivity contribution in [2.45, 2.75) is 26.9 Å². The number of ether oxygens (including phenoxy) is 1. The molecule has 0 spiro atoms. The molecule has 40 heavy (non-hydrogen) atoms. The number of thioether (sulfide) groups is 1. The summed E-state index contributed by atoms with van der Waals surface area (Å²) in [6.45, 7) is 5.05. The lowest BCUT2D eigenvalue weighted by Crippen LogP contribution is -2.36. The van der Waals surface area contributed by atoms with Gasteiger partial charge in [-0.25, -0.2) is 4.79 Å². The van der Waals surface area contributed by atoms with Crippen molar-refractivity contribution in [3.63, 3.8) is 0 Å². The van der Waals surface area contributed by atoms with Gasteiger partial charge in [0.15, 0.2) is 0 Å². The fourth-order valence-corrected chi connectivity index (χ4v) is 5.02. The number of alkyl halides is 3. The van der Waals surface area contributed by atoms with Crippen molar-refractivity contribution in [3.8, 4) is 5.69 Å². The van der Waals surface area contributed by atoms with E-state index in [0.29, 0.717) is 22.9 Å². The average molecular weight is 572 g/mol. The summed E-state index contributed by atoms with van der Waals surface area (Å²) in [6, 6.07) is 12.7. The minimum atomic E-state index is -4.58. The van der Waals surface area contributed by atoms with Crippen LogP contribution in [0, 0.1) is 13.8 Å². The van der Waals surface area contributed by atoms with E-state index in [9.17, 15) is 32.3 Å². The number of halogens is 3. The lowest BCUT2D eigenvalue weighted by molar-refractivity contribution is -0.137. The lowest BCUT2D eigenvalue weighted by Gasteiger charge is -2.13. The van der Waals surface area contributed by atoms with E-state index in [0.717, 1.165) is 40.2 Å². The minimum Gasteiger partial charge on any atom is -0.462 e. The zero-order valence-electron chi connectivity index (χ0n) is 21.7. The highest BCUT2D eigenvalue weighted by molar-refractivity contribution is 8.18. The summed E-state index contributed by atoms with van der Waals surface area (Å²) < 4.78 is 45.8. The molecule has 1 aliphatic heterocycles. The first-order valence-electron chi connectivity index (χ1n) is 12.1. The molecule has 0 atom stereocenters. The molecule has 0 unspecified atom stereocenters. The SMILES string of the molecule is CCOC(=O)c1ccc(-n2c(C)cc(/C=C3\SC(=O)N(CC(=O)Nc4cccc(C(F)(F)F)c4)C3=O)c2C)cc1. The lowest BCUT2D eigenvalue weighted by atomic mass is 10.2. The average Bonchev–Trinajstić information content (AvgIpc) is 3.32. The van der Waals surface area contributed by atoms with Crippen molar-refractivity contribution in [2.24, 2.45) is 0 Å². The van der Waals surface area contributed by atoms with E-state index in [1.54, 1.807) is 37.3 Å². The third-order valence-electron chi connectivity index (χ3n) is 6.04. The zero-order chi connectivity index (χ0) is 29.2. The predicted octanol–water partition coefficient (Wildman–Crippen LogP) is 5.96. The third-order valence-corrected chi connectivity index (χ3v) is 6.95. The minimum absolute atomic E-state index is 0.106. The number of benzene rings is 2. The molecule has 8 nitrogen and oxygen atoms in total. The van der Waals surface area contributed by atoms with E-state index in [2.05, 4.69) is 5.32 Å². The number of aromatic nitrogens is 1. The Morgan fingerprint density at radius 2 is 1.75 bits per heavy atom. The van der Waals surface area contributed by atoms with Crippen molar-refractivity contribution >= 4 is 46.5 Å². The van der Waals surface area contributed by atoms with E-state index >= 15 is 0 Å². The Labute approximate surface area is 231 Å². The van der Waals surface area contributed by atoms with Crippen LogP contribution in [0.4, 0.5) is 23.7 Å². The molecule has 1 saturated heterocycles. The van der Waals surface area contributed by atoms with Gasteiger partial charge in [0.2, 0.25) is 5.91 Å². The van der Waals surface area contributed by atoms with Crippen LogP contribution in [0.15, 0.2) is 59.5 Å². The Bertz CT molecular complexity index is 1530. The van der Waals surface area contributed by atoms with Crippen molar-refractivity contribution < 1.29 is 37.1 Å². The molecule has 2 heterocycles. The summed E-state index contributed by atoms with van der Waals surface area (Å²) in [6.07, 6.45) is -3.03. The van der Waals surface area contributed by atoms with Gasteiger partial charge in [-0.1, -0.05) is 6.07 Å². The van der Waals surface area contributed by atoms with Crippen LogP contribution in [0.2, 0.25) is 0 Å². The van der Waals surface area contributed by atoms with Gasteiger partial charge >= 0.3 is 12.1 Å². The third kappa shape index (κ3) is 6.12. The highest BCUT2D eigenvalue weighted by atomic mass is 32.2. The van der Waals surface area contributed by atoms with Crippen LogP contribution in [0.5, 0.6) is 0 Å². The molecule has 3 amide bonds. The van der Waals surface area contributed by atoms with Gasteiger partial charge < -0.3 is 14.6 Å². The first-order chi connectivity index (χ1) is 18.9. The summed E-state index contributed by atoms with van der Waals surface area (Å²) >= 11 is 0.669. The summed E-state index contributed by atoms with van der Waals surface area (Å²) in [4.78, 5) is 50.7. The van der Waals surface area contributed by atoms with Crippen LogP contribution < -0.4 is 5.32 Å². The monoisotopic (exact) mass is 571 g/mol. The number of carbonyl (C=O) groups excluding carboxylic acids is 4. The van der Waals surface area contributed by atoms with Gasteiger partial charge in [0.25, 0.3) is 11.1 Å². The molecule has 0 saturated carbocycles. The first kappa shape index (κ1) is 28.7. The molecule has 3 aromatic rings. The molecule has 0 radical (unpaired) electrons. The number of hydrogen-bond donors (Lipinski definition) is 1. The van der Waals surface area contributed by atoms with Gasteiger partial charge in [0.05, 0.1) is 22.6 Å². The maximum atomic E-state index is 13.0. The largest absolute Gasteiger partial charge is 0.462 e. The van der Waals surface area contributed by atoms with E-state index < -0.39 is 41.3 Å². The molecule has 1 fully saturated rings. The number of amides is 3. The number of nitrogens with one attached hydrogen (secondary N) is 1. The number of imide groups is 1. The molecular weight excluding hydrogens is 547 g/mol. The highest BCUT2D eigenvalue weighted by Crippen LogP contribution is 2.34. The van der Waals surface area contributed by atoms with Gasteiger partial charge in [-0.2, -0.15) is 13.2 Å². The van der Waals surface area contributed by atoms with Crippen molar-refractivity contribution in [1.82, 2.24) is 9.47 Å². The second-order valence-corrected chi connectivity index (χ2v) is 9.82. The Balaban J connectivity index is 1.49. The van der Waals surface area contributed by atoms with E-state index in [1.807, 2.05) is 24.5 Å². The normalized spacial score (nSPS) is 14.7. The Hall–Kier alpha value is -4.32. The molecular formula is C28H24F3N3O5S. The molecule has 208 valence electrons. The number of hydrogen-bond acceptors (Lipinski definition) is 6. The molecule has 4 rings (SSSR count). The molecule has 1 aliphatic rings. The molecule has 0 aliphatic carbocycles. The predicted molar refractivity (Wildman–Crippen MR) is 144 cm³/mol. The van der Waals surface area contributed by atoms with Crippen LogP contribution >= 0.6 is 11.8 Å². The van der Waals surface area contributed by atoms with E-state index in [4.69, 9.17) is 4.74 Å². The van der Waals surface area contributed by atoms with Crippen molar-refractivity contribution in [2.75, 3.05) is 18.5 Å². The van der Waals surface area contributed by atoms with E-state index in [1.165, 1.54) is 6.07 Å². The summed E-state index contributed by atoms with van der Waals surface area (Å²) in [5, 5.41) is 1.63. The number of nitrogens with zero attached hydrogens (tertiary/aromatic N) is 2. The Morgan fingerprint density at radius 3 is 2.40 bits per heavy atom. The maximum absolute atomic E-state index is 13.0. The number of rotatable bonds is 7.